The van der Waals surface area contributed by atoms with Crippen molar-refractivity contribution < 1.29 is 9.72 Å². The van der Waals surface area contributed by atoms with Gasteiger partial charge >= 0.3 is 0 Å². The monoisotopic (exact) mass is 301 g/mol. The molecule has 0 spiro atoms. The fraction of sp³-hybridized carbons (Fsp3) is 0.286. The molecule has 1 amide bonds. The first-order chi connectivity index (χ1) is 10.6. The molecule has 2 aromatic rings. The standard InChI is InChI=1S/C14H15N5O3/c20-14(17-11-5-6-15-8-11)10-7-16-18(9-10)12-1-3-13(4-2-12)19(21)22/h1-4,7,9,11,15H,5-6,8H2,(H,17,20). The van der Waals surface area contributed by atoms with Gasteiger partial charge in [0.1, 0.15) is 0 Å². The number of benzene rings is 1. The Hall–Kier alpha value is -2.74. The predicted octanol–water partition coefficient (Wildman–Crippen LogP) is 0.872. The van der Waals surface area contributed by atoms with Gasteiger partial charge in [0.25, 0.3) is 11.6 Å². The Morgan fingerprint density at radius 1 is 1.41 bits per heavy atom. The number of nitro benzene ring substituents is 1. The Kier molecular flexibility index (Phi) is 3.84. The van der Waals surface area contributed by atoms with Crippen LogP contribution < -0.4 is 10.6 Å². The van der Waals surface area contributed by atoms with Crippen LogP contribution in [0.15, 0.2) is 36.7 Å². The summed E-state index contributed by atoms with van der Waals surface area (Å²) in [5.41, 5.74) is 1.14. The third-order valence-electron chi connectivity index (χ3n) is 3.57. The van der Waals surface area contributed by atoms with Crippen LogP contribution in [-0.4, -0.2) is 39.7 Å². The normalized spacial score (nSPS) is 17.4. The summed E-state index contributed by atoms with van der Waals surface area (Å²) in [7, 11) is 0. The van der Waals surface area contributed by atoms with Crippen molar-refractivity contribution in [1.82, 2.24) is 20.4 Å². The van der Waals surface area contributed by atoms with Crippen LogP contribution in [-0.2, 0) is 0 Å². The van der Waals surface area contributed by atoms with Gasteiger partial charge in [-0.3, -0.25) is 14.9 Å². The van der Waals surface area contributed by atoms with Gasteiger partial charge in [0.05, 0.1) is 22.4 Å². The van der Waals surface area contributed by atoms with E-state index in [-0.39, 0.29) is 17.6 Å². The van der Waals surface area contributed by atoms with E-state index in [1.165, 1.54) is 23.0 Å². The molecule has 2 heterocycles. The van der Waals surface area contributed by atoms with E-state index in [1.54, 1.807) is 18.3 Å². The first kappa shape index (κ1) is 14.2. The highest BCUT2D eigenvalue weighted by Gasteiger charge is 2.18. The molecule has 8 heteroatoms. The Labute approximate surface area is 126 Å². The Balaban J connectivity index is 1.72. The maximum Gasteiger partial charge on any atom is 0.269 e. The van der Waals surface area contributed by atoms with Crippen molar-refractivity contribution in [2.75, 3.05) is 13.1 Å². The fourth-order valence-corrected chi connectivity index (χ4v) is 2.35. The van der Waals surface area contributed by atoms with Crippen molar-refractivity contribution in [2.24, 2.45) is 0 Å². The first-order valence-electron chi connectivity index (χ1n) is 6.94. The molecule has 114 valence electrons. The molecule has 0 bridgehead atoms. The Morgan fingerprint density at radius 2 is 2.18 bits per heavy atom. The van der Waals surface area contributed by atoms with E-state index in [1.807, 2.05) is 0 Å². The molecule has 1 aromatic carbocycles. The lowest BCUT2D eigenvalue weighted by molar-refractivity contribution is -0.384. The summed E-state index contributed by atoms with van der Waals surface area (Å²) in [6, 6.07) is 6.14. The number of aromatic nitrogens is 2. The first-order valence-corrected chi connectivity index (χ1v) is 6.94. The van der Waals surface area contributed by atoms with Gasteiger partial charge in [-0.05, 0) is 25.1 Å². The summed E-state index contributed by atoms with van der Waals surface area (Å²) in [5.74, 6) is -0.165. The van der Waals surface area contributed by atoms with Crippen LogP contribution in [0.2, 0.25) is 0 Å². The lowest BCUT2D eigenvalue weighted by Gasteiger charge is -2.09. The molecule has 1 fully saturated rings. The summed E-state index contributed by atoms with van der Waals surface area (Å²) in [6.07, 6.45) is 4.01. The molecule has 22 heavy (non-hydrogen) atoms. The van der Waals surface area contributed by atoms with Gasteiger partial charge in [-0.2, -0.15) is 5.10 Å². The quantitative estimate of drug-likeness (QED) is 0.644. The largest absolute Gasteiger partial charge is 0.348 e. The average Bonchev–Trinajstić information content (AvgIpc) is 3.18. The molecule has 1 aromatic heterocycles. The van der Waals surface area contributed by atoms with Crippen molar-refractivity contribution in [3.8, 4) is 5.69 Å². The topological polar surface area (TPSA) is 102 Å². The molecule has 1 unspecified atom stereocenters. The zero-order chi connectivity index (χ0) is 15.5. The van der Waals surface area contributed by atoms with Crippen molar-refractivity contribution in [2.45, 2.75) is 12.5 Å². The number of nitrogens with one attached hydrogen (secondary N) is 2. The molecule has 3 rings (SSSR count). The lowest BCUT2D eigenvalue weighted by Crippen LogP contribution is -2.36. The van der Waals surface area contributed by atoms with E-state index >= 15 is 0 Å². The van der Waals surface area contributed by atoms with E-state index in [4.69, 9.17) is 0 Å². The van der Waals surface area contributed by atoms with Crippen molar-refractivity contribution in [3.63, 3.8) is 0 Å². The van der Waals surface area contributed by atoms with Crippen LogP contribution in [0.25, 0.3) is 5.69 Å². The van der Waals surface area contributed by atoms with E-state index in [0.29, 0.717) is 11.3 Å². The molecule has 8 nitrogen and oxygen atoms in total. The van der Waals surface area contributed by atoms with Gasteiger partial charge < -0.3 is 10.6 Å². The minimum Gasteiger partial charge on any atom is -0.348 e. The third-order valence-corrected chi connectivity index (χ3v) is 3.57. The van der Waals surface area contributed by atoms with Gasteiger partial charge in [0.2, 0.25) is 0 Å². The van der Waals surface area contributed by atoms with Crippen molar-refractivity contribution >= 4 is 11.6 Å². The summed E-state index contributed by atoms with van der Waals surface area (Å²) in [4.78, 5) is 22.3. The lowest BCUT2D eigenvalue weighted by atomic mass is 10.2. The molecule has 0 radical (unpaired) electrons. The summed E-state index contributed by atoms with van der Waals surface area (Å²) < 4.78 is 1.52. The van der Waals surface area contributed by atoms with E-state index in [0.717, 1.165) is 19.5 Å². The number of amides is 1. The fourth-order valence-electron chi connectivity index (χ4n) is 2.35. The van der Waals surface area contributed by atoms with E-state index in [9.17, 15) is 14.9 Å². The van der Waals surface area contributed by atoms with E-state index < -0.39 is 4.92 Å². The molecule has 1 aliphatic rings. The van der Waals surface area contributed by atoms with Crippen LogP contribution in [0.4, 0.5) is 5.69 Å². The summed E-state index contributed by atoms with van der Waals surface area (Å²) >= 11 is 0. The molecule has 0 saturated carbocycles. The predicted molar refractivity (Wildman–Crippen MR) is 79.0 cm³/mol. The number of nitrogens with zero attached hydrogens (tertiary/aromatic N) is 3. The molecule has 1 saturated heterocycles. The van der Waals surface area contributed by atoms with Gasteiger partial charge in [0, 0.05) is 30.9 Å². The van der Waals surface area contributed by atoms with Crippen LogP contribution >= 0.6 is 0 Å². The molecule has 2 N–H and O–H groups in total. The molecule has 1 atom stereocenters. The average molecular weight is 301 g/mol. The van der Waals surface area contributed by atoms with Crippen molar-refractivity contribution in [3.05, 3.63) is 52.3 Å². The highest BCUT2D eigenvalue weighted by atomic mass is 16.6. The number of rotatable bonds is 4. The number of carbonyl (C=O) groups is 1. The van der Waals surface area contributed by atoms with Crippen LogP contribution in [0.5, 0.6) is 0 Å². The minimum atomic E-state index is -0.457. The highest BCUT2D eigenvalue weighted by Crippen LogP contribution is 2.15. The number of hydrogen-bond donors (Lipinski definition) is 2. The van der Waals surface area contributed by atoms with Gasteiger partial charge in [-0.1, -0.05) is 0 Å². The van der Waals surface area contributed by atoms with Crippen LogP contribution in [0.3, 0.4) is 0 Å². The molecule has 1 aliphatic heterocycles. The van der Waals surface area contributed by atoms with E-state index in [2.05, 4.69) is 15.7 Å². The second-order valence-corrected chi connectivity index (χ2v) is 5.11. The molecular formula is C14H15N5O3. The zero-order valence-corrected chi connectivity index (χ0v) is 11.7. The minimum absolute atomic E-state index is 0.0163. The zero-order valence-electron chi connectivity index (χ0n) is 11.7. The summed E-state index contributed by atoms with van der Waals surface area (Å²) in [6.45, 7) is 1.69. The SMILES string of the molecule is O=C(NC1CCNC1)c1cnn(-c2ccc([N+](=O)[O-])cc2)c1. The third kappa shape index (κ3) is 2.96. The second-order valence-electron chi connectivity index (χ2n) is 5.11. The van der Waals surface area contributed by atoms with Crippen molar-refractivity contribution in [1.29, 1.82) is 0 Å². The summed E-state index contributed by atoms with van der Waals surface area (Å²) in [5, 5.41) is 20.9. The number of carbonyl (C=O) groups excluding carboxylic acids is 1. The van der Waals surface area contributed by atoms with Crippen LogP contribution in [0.1, 0.15) is 16.8 Å². The number of hydrogen-bond acceptors (Lipinski definition) is 5. The Bertz CT molecular complexity index is 689. The molecule has 0 aliphatic carbocycles. The van der Waals surface area contributed by atoms with Gasteiger partial charge in [-0.15, -0.1) is 0 Å². The molecular weight excluding hydrogens is 286 g/mol. The van der Waals surface area contributed by atoms with Gasteiger partial charge in [-0.25, -0.2) is 4.68 Å². The Morgan fingerprint density at radius 3 is 2.82 bits per heavy atom. The van der Waals surface area contributed by atoms with Gasteiger partial charge in [0.15, 0.2) is 0 Å². The number of non-ortho nitro benzene ring substituents is 1. The maximum absolute atomic E-state index is 12.1. The van der Waals surface area contributed by atoms with Crippen LogP contribution in [0, 0.1) is 10.1 Å². The maximum atomic E-state index is 12.1. The smallest absolute Gasteiger partial charge is 0.269 e. The highest BCUT2D eigenvalue weighted by molar-refractivity contribution is 5.94. The number of nitro groups is 1. The second kappa shape index (κ2) is 5.94.